The monoisotopic (exact) mass is 297 g/mol. The Bertz CT molecular complexity index is 446. The number of amides is 1. The van der Waals surface area contributed by atoms with E-state index in [1.165, 1.54) is 0 Å². The summed E-state index contributed by atoms with van der Waals surface area (Å²) < 4.78 is 10.9. The van der Waals surface area contributed by atoms with Crippen molar-refractivity contribution in [1.29, 1.82) is 0 Å². The van der Waals surface area contributed by atoms with Gasteiger partial charge in [-0.15, -0.1) is 0 Å². The number of carbonyl (C=O) groups is 1. The molecule has 0 radical (unpaired) electrons. The second-order valence-corrected chi connectivity index (χ2v) is 5.22. The molecule has 0 aromatic heterocycles. The maximum Gasteiger partial charge on any atom is 0.228 e. The lowest BCUT2D eigenvalue weighted by atomic mass is 10.1. The first-order valence-electron chi connectivity index (χ1n) is 6.95. The fourth-order valence-electron chi connectivity index (χ4n) is 2.24. The molecule has 1 aliphatic heterocycles. The number of benzene rings is 1. The number of ether oxygens (including phenoxy) is 2. The lowest BCUT2D eigenvalue weighted by molar-refractivity contribution is -0.135. The molecular weight excluding hydrogens is 278 g/mol. The maximum absolute atomic E-state index is 12.2. The summed E-state index contributed by atoms with van der Waals surface area (Å²) in [6, 6.07) is 7.27. The average molecular weight is 298 g/mol. The lowest BCUT2D eigenvalue weighted by Gasteiger charge is -2.23. The minimum absolute atomic E-state index is 0.0149. The minimum Gasteiger partial charge on any atom is -0.492 e. The smallest absolute Gasteiger partial charge is 0.228 e. The van der Waals surface area contributed by atoms with E-state index in [1.807, 2.05) is 24.0 Å². The van der Waals surface area contributed by atoms with Crippen molar-refractivity contribution in [3.05, 3.63) is 29.3 Å². The summed E-state index contributed by atoms with van der Waals surface area (Å²) in [5, 5.41) is 0.647. The van der Waals surface area contributed by atoms with E-state index < -0.39 is 0 Å². The molecular formula is C15H20ClNO3. The van der Waals surface area contributed by atoms with Crippen molar-refractivity contribution < 1.29 is 14.3 Å². The molecule has 1 aromatic carbocycles. The van der Waals surface area contributed by atoms with E-state index in [2.05, 4.69) is 0 Å². The van der Waals surface area contributed by atoms with Gasteiger partial charge in [-0.2, -0.15) is 0 Å². The highest BCUT2D eigenvalue weighted by Gasteiger charge is 2.27. The summed E-state index contributed by atoms with van der Waals surface area (Å²) >= 11 is 5.89. The van der Waals surface area contributed by atoms with Gasteiger partial charge < -0.3 is 14.4 Å². The molecule has 0 bridgehead atoms. The van der Waals surface area contributed by atoms with Gasteiger partial charge in [0.25, 0.3) is 0 Å². The molecule has 2 rings (SSSR count). The minimum atomic E-state index is 0.0149. The second kappa shape index (κ2) is 7.50. The molecule has 1 aromatic rings. The van der Waals surface area contributed by atoms with E-state index in [9.17, 15) is 4.79 Å². The van der Waals surface area contributed by atoms with Crippen LogP contribution >= 0.6 is 11.6 Å². The van der Waals surface area contributed by atoms with Crippen LogP contribution < -0.4 is 4.74 Å². The number of halogens is 1. The third kappa shape index (κ3) is 4.12. The number of carbonyl (C=O) groups excluding carboxylic acids is 1. The van der Waals surface area contributed by atoms with E-state index in [-0.39, 0.29) is 11.8 Å². The second-order valence-electron chi connectivity index (χ2n) is 4.78. The van der Waals surface area contributed by atoms with Crippen LogP contribution in [0, 0.1) is 5.92 Å². The number of likely N-dealkylation sites (N-methyl/N-ethyl adjacent to an activating group) is 1. The van der Waals surface area contributed by atoms with Crippen LogP contribution in [0.4, 0.5) is 0 Å². The Balaban J connectivity index is 1.80. The predicted octanol–water partition coefficient (Wildman–Crippen LogP) is 2.60. The van der Waals surface area contributed by atoms with Gasteiger partial charge in [0.1, 0.15) is 12.4 Å². The number of rotatable bonds is 6. The summed E-state index contributed by atoms with van der Waals surface area (Å²) in [6.07, 6.45) is 0.824. The first kappa shape index (κ1) is 15.1. The molecule has 5 heteroatoms. The summed E-state index contributed by atoms with van der Waals surface area (Å²) in [7, 11) is 0. The van der Waals surface area contributed by atoms with Gasteiger partial charge in [0.05, 0.1) is 19.1 Å². The Morgan fingerprint density at radius 2 is 2.40 bits per heavy atom. The van der Waals surface area contributed by atoms with Crippen molar-refractivity contribution in [1.82, 2.24) is 4.90 Å². The molecule has 0 N–H and O–H groups in total. The molecule has 1 heterocycles. The van der Waals surface area contributed by atoms with Gasteiger partial charge in [-0.1, -0.05) is 17.7 Å². The Morgan fingerprint density at radius 3 is 3.05 bits per heavy atom. The van der Waals surface area contributed by atoms with Crippen LogP contribution in [0.5, 0.6) is 5.75 Å². The summed E-state index contributed by atoms with van der Waals surface area (Å²) in [5.41, 5.74) is 0. The van der Waals surface area contributed by atoms with Crippen molar-refractivity contribution in [2.24, 2.45) is 5.92 Å². The van der Waals surface area contributed by atoms with Crippen molar-refractivity contribution in [2.45, 2.75) is 13.3 Å². The van der Waals surface area contributed by atoms with Crippen LogP contribution in [-0.4, -0.2) is 43.7 Å². The Morgan fingerprint density at radius 1 is 1.55 bits per heavy atom. The third-order valence-electron chi connectivity index (χ3n) is 3.40. The molecule has 1 saturated heterocycles. The van der Waals surface area contributed by atoms with Crippen molar-refractivity contribution in [3.8, 4) is 5.75 Å². The van der Waals surface area contributed by atoms with Gasteiger partial charge in [0.2, 0.25) is 5.91 Å². The van der Waals surface area contributed by atoms with Gasteiger partial charge in [-0.25, -0.2) is 0 Å². The van der Waals surface area contributed by atoms with Crippen LogP contribution in [0.2, 0.25) is 5.02 Å². The van der Waals surface area contributed by atoms with Crippen LogP contribution in [0.3, 0.4) is 0 Å². The Labute approximate surface area is 124 Å². The summed E-state index contributed by atoms with van der Waals surface area (Å²) in [5.74, 6) is 0.908. The van der Waals surface area contributed by atoms with Crippen molar-refractivity contribution in [2.75, 3.05) is 32.9 Å². The summed E-state index contributed by atoms with van der Waals surface area (Å²) in [4.78, 5) is 14.1. The van der Waals surface area contributed by atoms with Gasteiger partial charge in [0.15, 0.2) is 0 Å². The normalized spacial score (nSPS) is 18.0. The number of nitrogens with zero attached hydrogens (tertiary/aromatic N) is 1. The zero-order valence-corrected chi connectivity index (χ0v) is 12.4. The third-order valence-corrected chi connectivity index (χ3v) is 3.63. The molecule has 1 fully saturated rings. The number of hydrogen-bond acceptors (Lipinski definition) is 3. The standard InChI is InChI=1S/C15H20ClNO3/c1-2-17(15(18)12-6-8-19-11-12)7-9-20-14-5-3-4-13(16)10-14/h3-5,10,12H,2,6-9,11H2,1H3/t12-/m1/s1. The molecule has 1 amide bonds. The molecule has 1 atom stereocenters. The van der Waals surface area contributed by atoms with Crippen LogP contribution in [-0.2, 0) is 9.53 Å². The lowest BCUT2D eigenvalue weighted by Crippen LogP contribution is -2.38. The molecule has 1 aliphatic rings. The topological polar surface area (TPSA) is 38.8 Å². The van der Waals surface area contributed by atoms with Crippen LogP contribution in [0.15, 0.2) is 24.3 Å². The maximum atomic E-state index is 12.2. The average Bonchev–Trinajstić information content (AvgIpc) is 2.97. The molecule has 20 heavy (non-hydrogen) atoms. The zero-order chi connectivity index (χ0) is 14.4. The fraction of sp³-hybridized carbons (Fsp3) is 0.533. The van der Waals surface area contributed by atoms with Crippen molar-refractivity contribution >= 4 is 17.5 Å². The molecule has 4 nitrogen and oxygen atoms in total. The SMILES string of the molecule is CCN(CCOc1cccc(Cl)c1)C(=O)[C@@H]1CCOC1. The van der Waals surface area contributed by atoms with E-state index in [0.717, 1.165) is 12.2 Å². The van der Waals surface area contributed by atoms with Gasteiger partial charge in [0, 0.05) is 18.2 Å². The quantitative estimate of drug-likeness (QED) is 0.810. The van der Waals surface area contributed by atoms with Crippen LogP contribution in [0.1, 0.15) is 13.3 Å². The van der Waals surface area contributed by atoms with Gasteiger partial charge >= 0.3 is 0 Å². The molecule has 0 spiro atoms. The highest BCUT2D eigenvalue weighted by molar-refractivity contribution is 6.30. The first-order chi connectivity index (χ1) is 9.70. The van der Waals surface area contributed by atoms with Crippen molar-refractivity contribution in [3.63, 3.8) is 0 Å². The molecule has 110 valence electrons. The largest absolute Gasteiger partial charge is 0.492 e. The molecule has 0 unspecified atom stereocenters. The van der Waals surface area contributed by atoms with Crippen LogP contribution in [0.25, 0.3) is 0 Å². The Kier molecular flexibility index (Phi) is 5.68. The predicted molar refractivity (Wildman–Crippen MR) is 78.1 cm³/mol. The van der Waals surface area contributed by atoms with E-state index in [4.69, 9.17) is 21.1 Å². The molecule has 0 saturated carbocycles. The first-order valence-corrected chi connectivity index (χ1v) is 7.33. The zero-order valence-electron chi connectivity index (χ0n) is 11.7. The van der Waals surface area contributed by atoms with E-state index in [1.54, 1.807) is 12.1 Å². The van der Waals surface area contributed by atoms with Gasteiger partial charge in [-0.3, -0.25) is 4.79 Å². The van der Waals surface area contributed by atoms with Gasteiger partial charge in [-0.05, 0) is 31.5 Å². The number of hydrogen-bond donors (Lipinski definition) is 0. The molecule has 0 aliphatic carbocycles. The Hall–Kier alpha value is -1.26. The highest BCUT2D eigenvalue weighted by Crippen LogP contribution is 2.18. The summed E-state index contributed by atoms with van der Waals surface area (Å²) in [6.45, 7) is 4.95. The van der Waals surface area contributed by atoms with E-state index >= 15 is 0 Å². The van der Waals surface area contributed by atoms with E-state index in [0.29, 0.717) is 37.9 Å². The highest BCUT2D eigenvalue weighted by atomic mass is 35.5. The fourth-order valence-corrected chi connectivity index (χ4v) is 2.42.